The number of morpholine rings is 1. The van der Waals surface area contributed by atoms with Gasteiger partial charge in [0.05, 0.1) is 35.0 Å². The maximum atomic E-state index is 12.5. The van der Waals surface area contributed by atoms with E-state index in [1.54, 1.807) is 0 Å². The number of fused-ring (bicyclic) bond motifs is 1. The molecule has 1 saturated carbocycles. The second kappa shape index (κ2) is 11.4. The van der Waals surface area contributed by atoms with Crippen molar-refractivity contribution in [3.05, 3.63) is 53.6 Å². The van der Waals surface area contributed by atoms with Gasteiger partial charge in [-0.1, -0.05) is 29.5 Å². The summed E-state index contributed by atoms with van der Waals surface area (Å²) in [7, 11) is 0. The molecule has 3 aliphatic rings. The molecule has 2 N–H and O–H groups in total. The third-order valence-electron chi connectivity index (χ3n) is 7.98. The third-order valence-corrected chi connectivity index (χ3v) is 9.33. The van der Waals surface area contributed by atoms with Gasteiger partial charge >= 0.3 is 6.03 Å². The summed E-state index contributed by atoms with van der Waals surface area (Å²) < 4.78 is 5.69. The van der Waals surface area contributed by atoms with Crippen LogP contribution in [0.2, 0.25) is 0 Å². The standard InChI is InChI=1S/C29H35IN8O2/c1-3-22-18-40-16-15-38(22)27-23-10-14-37(25-9-13-31-19(2)32-25)17-24(23)34-26(35-27)20-5-7-21(8-6-20)33-28(39)36-29(30)11-4-12-29/h5-9,13,22H,3-4,10-12,14-18H2,1-2H3,(H2,33,36,39). The molecule has 0 bridgehead atoms. The van der Waals surface area contributed by atoms with Crippen LogP contribution >= 0.6 is 22.6 Å². The van der Waals surface area contributed by atoms with Crippen molar-refractivity contribution in [1.29, 1.82) is 0 Å². The van der Waals surface area contributed by atoms with E-state index in [0.29, 0.717) is 25.6 Å². The van der Waals surface area contributed by atoms with E-state index in [9.17, 15) is 4.79 Å². The number of rotatable bonds is 6. The minimum Gasteiger partial charge on any atom is -0.377 e. The first-order valence-corrected chi connectivity index (χ1v) is 15.2. The minimum atomic E-state index is -0.174. The summed E-state index contributed by atoms with van der Waals surface area (Å²) in [6.07, 6.45) is 6.81. The van der Waals surface area contributed by atoms with Crippen LogP contribution in [0, 0.1) is 6.92 Å². The lowest BCUT2D eigenvalue weighted by molar-refractivity contribution is 0.0924. The van der Waals surface area contributed by atoms with Crippen molar-refractivity contribution in [2.45, 2.75) is 62.1 Å². The van der Waals surface area contributed by atoms with Crippen LogP contribution in [0.15, 0.2) is 36.5 Å². The maximum Gasteiger partial charge on any atom is 0.320 e. The summed E-state index contributed by atoms with van der Waals surface area (Å²) in [5.41, 5.74) is 3.89. The van der Waals surface area contributed by atoms with Crippen molar-refractivity contribution in [2.24, 2.45) is 0 Å². The molecule has 3 aromatic rings. The fourth-order valence-corrected chi connectivity index (χ4v) is 6.55. The molecule has 1 unspecified atom stereocenters. The Morgan fingerprint density at radius 2 is 1.98 bits per heavy atom. The van der Waals surface area contributed by atoms with Gasteiger partial charge in [-0.3, -0.25) is 0 Å². The van der Waals surface area contributed by atoms with Crippen molar-refractivity contribution in [3.63, 3.8) is 0 Å². The highest BCUT2D eigenvalue weighted by Crippen LogP contribution is 2.38. The highest BCUT2D eigenvalue weighted by molar-refractivity contribution is 14.1. The van der Waals surface area contributed by atoms with E-state index >= 15 is 0 Å². The quantitative estimate of drug-likeness (QED) is 0.221. The zero-order chi connectivity index (χ0) is 27.7. The SMILES string of the molecule is CCC1COCCN1c1nc(-c2ccc(NC(=O)NC3(I)CCC3)cc2)nc2c1CCN(c1ccnc(C)n1)C2. The molecule has 2 aromatic heterocycles. The van der Waals surface area contributed by atoms with Crippen LogP contribution in [-0.4, -0.2) is 61.9 Å². The smallest absolute Gasteiger partial charge is 0.320 e. The zero-order valence-corrected chi connectivity index (χ0v) is 25.1. The first-order chi connectivity index (χ1) is 19.4. The molecule has 40 heavy (non-hydrogen) atoms. The molecule has 6 rings (SSSR count). The molecule has 0 radical (unpaired) electrons. The highest BCUT2D eigenvalue weighted by atomic mass is 127. The van der Waals surface area contributed by atoms with Crippen molar-refractivity contribution in [1.82, 2.24) is 25.3 Å². The van der Waals surface area contributed by atoms with Gasteiger partial charge in [-0.25, -0.2) is 24.7 Å². The van der Waals surface area contributed by atoms with Crippen molar-refractivity contribution >= 4 is 45.9 Å². The number of hydrogen-bond donors (Lipinski definition) is 2. The minimum absolute atomic E-state index is 0.122. The molecule has 1 aromatic carbocycles. The third kappa shape index (κ3) is 5.71. The molecular formula is C29H35IN8O2. The molecule has 2 aliphatic heterocycles. The van der Waals surface area contributed by atoms with Gasteiger partial charge in [0, 0.05) is 36.1 Å². The summed E-state index contributed by atoms with van der Waals surface area (Å²) in [6, 6.07) is 9.86. The number of nitrogens with one attached hydrogen (secondary N) is 2. The predicted molar refractivity (Wildman–Crippen MR) is 164 cm³/mol. The van der Waals surface area contributed by atoms with E-state index in [1.165, 1.54) is 5.56 Å². The molecule has 10 nitrogen and oxygen atoms in total. The fourth-order valence-electron chi connectivity index (χ4n) is 5.55. The number of ether oxygens (including phenoxy) is 1. The number of hydrogen-bond acceptors (Lipinski definition) is 8. The molecule has 210 valence electrons. The van der Waals surface area contributed by atoms with Gasteiger partial charge in [-0.2, -0.15) is 0 Å². The molecular weight excluding hydrogens is 619 g/mol. The summed E-state index contributed by atoms with van der Waals surface area (Å²) in [6.45, 7) is 7.84. The van der Waals surface area contributed by atoms with Crippen LogP contribution in [0.5, 0.6) is 0 Å². The number of benzene rings is 1. The van der Waals surface area contributed by atoms with E-state index in [4.69, 9.17) is 14.7 Å². The van der Waals surface area contributed by atoms with Gasteiger partial charge < -0.3 is 25.2 Å². The van der Waals surface area contributed by atoms with Gasteiger partial charge in [0.25, 0.3) is 0 Å². The van der Waals surface area contributed by atoms with E-state index in [1.807, 2.05) is 43.5 Å². The van der Waals surface area contributed by atoms with Crippen LogP contribution < -0.4 is 20.4 Å². The average Bonchev–Trinajstić information content (AvgIpc) is 2.95. The van der Waals surface area contributed by atoms with Gasteiger partial charge in [0.2, 0.25) is 0 Å². The monoisotopic (exact) mass is 654 g/mol. The van der Waals surface area contributed by atoms with Crippen LogP contribution in [0.3, 0.4) is 0 Å². The van der Waals surface area contributed by atoms with Crippen LogP contribution in [0.4, 0.5) is 22.1 Å². The van der Waals surface area contributed by atoms with Crippen molar-refractivity contribution in [2.75, 3.05) is 41.4 Å². The Kier molecular flexibility index (Phi) is 7.76. The molecule has 4 heterocycles. The molecule has 2 fully saturated rings. The number of amides is 2. The molecule has 0 spiro atoms. The van der Waals surface area contributed by atoms with Crippen molar-refractivity contribution in [3.8, 4) is 11.4 Å². The second-order valence-corrected chi connectivity index (χ2v) is 12.8. The number of aryl methyl sites for hydroxylation is 1. The number of carbonyl (C=O) groups excluding carboxylic acids is 1. The summed E-state index contributed by atoms with van der Waals surface area (Å²) >= 11 is 2.34. The fraction of sp³-hybridized carbons (Fsp3) is 0.483. The highest BCUT2D eigenvalue weighted by Gasteiger charge is 2.35. The largest absolute Gasteiger partial charge is 0.377 e. The van der Waals surface area contributed by atoms with Gasteiger partial charge in [-0.05, 0) is 69.4 Å². The summed E-state index contributed by atoms with van der Waals surface area (Å²) in [5, 5.41) is 6.04. The number of urea groups is 1. The van der Waals surface area contributed by atoms with Crippen LogP contribution in [-0.2, 0) is 17.7 Å². The number of alkyl halides is 1. The van der Waals surface area contributed by atoms with E-state index in [-0.39, 0.29) is 15.6 Å². The maximum absolute atomic E-state index is 12.5. The number of carbonyl (C=O) groups is 1. The summed E-state index contributed by atoms with van der Waals surface area (Å²) in [4.78, 5) is 36.4. The first kappa shape index (κ1) is 27.1. The first-order valence-electron chi connectivity index (χ1n) is 14.1. The summed E-state index contributed by atoms with van der Waals surface area (Å²) in [5.74, 6) is 3.38. The number of aromatic nitrogens is 4. The van der Waals surface area contributed by atoms with Crippen molar-refractivity contribution < 1.29 is 9.53 Å². The normalized spacial score (nSPS) is 19.9. The zero-order valence-electron chi connectivity index (χ0n) is 23.0. The van der Waals surface area contributed by atoms with E-state index in [0.717, 1.165) is 79.6 Å². The van der Waals surface area contributed by atoms with E-state index in [2.05, 4.69) is 59.9 Å². The lowest BCUT2D eigenvalue weighted by atomic mass is 9.93. The Labute approximate surface area is 248 Å². The molecule has 1 aliphatic carbocycles. The molecule has 2 amide bonds. The van der Waals surface area contributed by atoms with Gasteiger partial charge in [0.1, 0.15) is 17.5 Å². The Balaban J connectivity index is 1.30. The Morgan fingerprint density at radius 3 is 2.70 bits per heavy atom. The average molecular weight is 655 g/mol. The lowest BCUT2D eigenvalue weighted by Gasteiger charge is -2.39. The molecule has 1 saturated heterocycles. The number of anilines is 3. The van der Waals surface area contributed by atoms with E-state index < -0.39 is 0 Å². The lowest BCUT2D eigenvalue weighted by Crippen LogP contribution is -2.49. The molecule has 1 atom stereocenters. The van der Waals surface area contributed by atoms with Gasteiger partial charge in [-0.15, -0.1) is 0 Å². The Bertz CT molecular complexity index is 1380. The predicted octanol–water partition coefficient (Wildman–Crippen LogP) is 4.86. The number of nitrogens with zero attached hydrogens (tertiary/aromatic N) is 6. The van der Waals surface area contributed by atoms with Crippen LogP contribution in [0.1, 0.15) is 49.7 Å². The molecule has 11 heteroatoms. The second-order valence-electron chi connectivity index (χ2n) is 10.7. The Hall–Kier alpha value is -3.06. The topological polar surface area (TPSA) is 108 Å². The number of halogens is 1. The Morgan fingerprint density at radius 1 is 1.15 bits per heavy atom. The van der Waals surface area contributed by atoms with Crippen LogP contribution in [0.25, 0.3) is 11.4 Å². The van der Waals surface area contributed by atoms with Gasteiger partial charge in [0.15, 0.2) is 5.82 Å².